The molecule has 148 valence electrons. The molecule has 4 aromatic rings. The molecule has 0 atom stereocenters. The third-order valence-corrected chi connectivity index (χ3v) is 5.22. The second-order valence-electron chi connectivity index (χ2n) is 7.12. The van der Waals surface area contributed by atoms with E-state index in [1.807, 2.05) is 60.7 Å². The molecule has 2 heterocycles. The van der Waals surface area contributed by atoms with Gasteiger partial charge in [0.25, 0.3) is 11.5 Å². The first-order valence-corrected chi connectivity index (χ1v) is 9.80. The highest BCUT2D eigenvalue weighted by Gasteiger charge is 2.27. The number of fused-ring (bicyclic) bond motifs is 2. The zero-order valence-corrected chi connectivity index (χ0v) is 16.2. The average Bonchev–Trinajstić information content (AvgIpc) is 2.81. The van der Waals surface area contributed by atoms with Gasteiger partial charge >= 0.3 is 0 Å². The van der Waals surface area contributed by atoms with Crippen molar-refractivity contribution in [2.45, 2.75) is 6.54 Å². The van der Waals surface area contributed by atoms with Gasteiger partial charge in [0.05, 0.1) is 24.2 Å². The van der Waals surface area contributed by atoms with Crippen LogP contribution in [0.1, 0.15) is 16.1 Å². The predicted octanol–water partition coefficient (Wildman–Crippen LogP) is 3.48. The topological polar surface area (TPSA) is 64.4 Å². The number of rotatable bonds is 3. The average molecular weight is 397 g/mol. The van der Waals surface area contributed by atoms with E-state index in [1.165, 1.54) is 4.68 Å². The van der Waals surface area contributed by atoms with E-state index < -0.39 is 0 Å². The largest absolute Gasteiger partial charge is 0.490 e. The lowest BCUT2D eigenvalue weighted by molar-refractivity contribution is 0.0971. The molecule has 3 aromatic carbocycles. The molecule has 1 aliphatic rings. The molecule has 1 aliphatic heterocycles. The highest BCUT2D eigenvalue weighted by Crippen LogP contribution is 2.32. The Balaban J connectivity index is 1.65. The van der Waals surface area contributed by atoms with Crippen LogP contribution < -0.4 is 15.2 Å². The van der Waals surface area contributed by atoms with Crippen LogP contribution in [0.2, 0.25) is 0 Å². The van der Waals surface area contributed by atoms with Crippen molar-refractivity contribution in [2.24, 2.45) is 0 Å². The number of benzene rings is 3. The van der Waals surface area contributed by atoms with Crippen molar-refractivity contribution in [3.8, 4) is 5.75 Å². The van der Waals surface area contributed by atoms with E-state index in [2.05, 4.69) is 5.10 Å². The zero-order valence-electron chi connectivity index (χ0n) is 16.2. The number of carbonyl (C=O) groups is 1. The van der Waals surface area contributed by atoms with Crippen molar-refractivity contribution in [1.82, 2.24) is 9.78 Å². The van der Waals surface area contributed by atoms with Crippen molar-refractivity contribution in [3.05, 3.63) is 100 Å². The molecular formula is C24H19N3O3. The predicted molar refractivity (Wildman–Crippen MR) is 115 cm³/mol. The van der Waals surface area contributed by atoms with Crippen LogP contribution in [0.4, 0.5) is 5.69 Å². The van der Waals surface area contributed by atoms with Crippen molar-refractivity contribution in [3.63, 3.8) is 0 Å². The van der Waals surface area contributed by atoms with Crippen molar-refractivity contribution >= 4 is 22.4 Å². The monoisotopic (exact) mass is 397 g/mol. The minimum absolute atomic E-state index is 0.214. The van der Waals surface area contributed by atoms with E-state index in [0.717, 1.165) is 5.56 Å². The van der Waals surface area contributed by atoms with Gasteiger partial charge in [-0.05, 0) is 23.8 Å². The summed E-state index contributed by atoms with van der Waals surface area (Å²) in [6.07, 6.45) is 0. The smallest absolute Gasteiger partial charge is 0.279 e. The fraction of sp³-hybridized carbons (Fsp3) is 0.125. The third-order valence-electron chi connectivity index (χ3n) is 5.22. The van der Waals surface area contributed by atoms with Gasteiger partial charge in [0.1, 0.15) is 12.4 Å². The van der Waals surface area contributed by atoms with Crippen LogP contribution in [0.3, 0.4) is 0 Å². The molecule has 0 N–H and O–H groups in total. The van der Waals surface area contributed by atoms with Crippen molar-refractivity contribution < 1.29 is 9.53 Å². The standard InChI is InChI=1S/C24H19N3O3/c28-23-19-11-5-4-10-18(19)22(25-27(23)16-17-8-2-1-3-9-17)24(29)26-14-15-30-21-13-7-6-12-20(21)26/h1-13H,14-16H2. The number of anilines is 1. The number of ether oxygens (including phenoxy) is 1. The Labute approximate surface area is 172 Å². The number of nitrogens with zero attached hydrogens (tertiary/aromatic N) is 3. The van der Waals surface area contributed by atoms with Gasteiger partial charge < -0.3 is 9.64 Å². The quantitative estimate of drug-likeness (QED) is 0.531. The molecule has 30 heavy (non-hydrogen) atoms. The Kier molecular flexibility index (Phi) is 4.52. The summed E-state index contributed by atoms with van der Waals surface area (Å²) in [6.45, 7) is 1.12. The minimum Gasteiger partial charge on any atom is -0.490 e. The molecule has 1 amide bonds. The fourth-order valence-electron chi connectivity index (χ4n) is 3.76. The van der Waals surface area contributed by atoms with E-state index in [9.17, 15) is 9.59 Å². The summed E-state index contributed by atoms with van der Waals surface area (Å²) >= 11 is 0. The van der Waals surface area contributed by atoms with Gasteiger partial charge in [0.2, 0.25) is 0 Å². The van der Waals surface area contributed by atoms with E-state index in [-0.39, 0.29) is 17.2 Å². The van der Waals surface area contributed by atoms with Gasteiger partial charge in [-0.3, -0.25) is 9.59 Å². The van der Waals surface area contributed by atoms with Gasteiger partial charge in [-0.1, -0.05) is 60.7 Å². The van der Waals surface area contributed by atoms with Crippen LogP contribution in [-0.2, 0) is 6.54 Å². The van der Waals surface area contributed by atoms with Crippen LogP contribution in [0.5, 0.6) is 5.75 Å². The fourth-order valence-corrected chi connectivity index (χ4v) is 3.76. The van der Waals surface area contributed by atoms with Crippen molar-refractivity contribution in [2.75, 3.05) is 18.1 Å². The molecule has 0 spiro atoms. The summed E-state index contributed by atoms with van der Waals surface area (Å²) in [5, 5.41) is 5.55. The molecule has 1 aromatic heterocycles. The maximum Gasteiger partial charge on any atom is 0.279 e. The van der Waals surface area contributed by atoms with Crippen molar-refractivity contribution in [1.29, 1.82) is 0 Å². The Morgan fingerprint density at radius 1 is 0.900 bits per heavy atom. The van der Waals surface area contributed by atoms with Crippen LogP contribution >= 0.6 is 0 Å². The number of carbonyl (C=O) groups excluding carboxylic acids is 1. The molecule has 0 radical (unpaired) electrons. The third kappa shape index (κ3) is 3.12. The Bertz CT molecular complexity index is 1300. The second-order valence-corrected chi connectivity index (χ2v) is 7.12. The summed E-state index contributed by atoms with van der Waals surface area (Å²) < 4.78 is 7.05. The van der Waals surface area contributed by atoms with Crippen LogP contribution in [0.15, 0.2) is 83.7 Å². The SMILES string of the molecule is O=C(c1nn(Cc2ccccc2)c(=O)c2ccccc12)N1CCOc2ccccc21. The number of hydrogen-bond donors (Lipinski definition) is 0. The molecule has 6 heteroatoms. The molecule has 0 saturated heterocycles. The molecule has 0 fully saturated rings. The first-order valence-electron chi connectivity index (χ1n) is 9.80. The Morgan fingerprint density at radius 2 is 1.60 bits per heavy atom. The molecule has 0 aliphatic carbocycles. The number of hydrogen-bond acceptors (Lipinski definition) is 4. The van der Waals surface area contributed by atoms with Crippen LogP contribution in [0.25, 0.3) is 10.8 Å². The summed E-state index contributed by atoms with van der Waals surface area (Å²) in [7, 11) is 0. The highest BCUT2D eigenvalue weighted by atomic mass is 16.5. The number of para-hydroxylation sites is 2. The molecule has 0 unspecified atom stereocenters. The van der Waals surface area contributed by atoms with E-state index in [4.69, 9.17) is 4.74 Å². The summed E-state index contributed by atoms with van der Waals surface area (Å²) in [5.41, 5.74) is 1.70. The lowest BCUT2D eigenvalue weighted by Crippen LogP contribution is -2.39. The van der Waals surface area contributed by atoms with E-state index >= 15 is 0 Å². The van der Waals surface area contributed by atoms with E-state index in [1.54, 1.807) is 23.1 Å². The summed E-state index contributed by atoms with van der Waals surface area (Å²) in [6, 6.07) is 24.2. The van der Waals surface area contributed by atoms with Gasteiger partial charge in [-0.2, -0.15) is 5.10 Å². The van der Waals surface area contributed by atoms with Gasteiger partial charge in [0, 0.05) is 5.39 Å². The highest BCUT2D eigenvalue weighted by molar-refractivity contribution is 6.13. The second kappa shape index (κ2) is 7.48. The Hall–Kier alpha value is -3.93. The van der Waals surface area contributed by atoms with Crippen LogP contribution in [-0.4, -0.2) is 28.8 Å². The molecule has 6 nitrogen and oxygen atoms in total. The summed E-state index contributed by atoms with van der Waals surface area (Å²) in [5.74, 6) is 0.419. The molecular weight excluding hydrogens is 378 g/mol. The number of amides is 1. The maximum absolute atomic E-state index is 13.6. The molecule has 0 bridgehead atoms. The van der Waals surface area contributed by atoms with E-state index in [0.29, 0.717) is 41.9 Å². The molecule has 5 rings (SSSR count). The normalized spacial score (nSPS) is 13.0. The first-order chi connectivity index (χ1) is 14.7. The maximum atomic E-state index is 13.6. The molecule has 0 saturated carbocycles. The lowest BCUT2D eigenvalue weighted by Gasteiger charge is -2.29. The van der Waals surface area contributed by atoms with Gasteiger partial charge in [-0.15, -0.1) is 0 Å². The number of aromatic nitrogens is 2. The zero-order chi connectivity index (χ0) is 20.5. The lowest BCUT2D eigenvalue weighted by atomic mass is 10.1. The first kappa shape index (κ1) is 18.1. The summed E-state index contributed by atoms with van der Waals surface area (Å²) in [4.78, 5) is 28.3. The minimum atomic E-state index is -0.247. The van der Waals surface area contributed by atoms with Gasteiger partial charge in [-0.25, -0.2) is 4.68 Å². The van der Waals surface area contributed by atoms with Crippen LogP contribution in [0, 0.1) is 0 Å². The Morgan fingerprint density at radius 3 is 2.43 bits per heavy atom. The van der Waals surface area contributed by atoms with Gasteiger partial charge in [0.15, 0.2) is 5.69 Å².